The van der Waals surface area contributed by atoms with E-state index in [2.05, 4.69) is 10.3 Å². The highest BCUT2D eigenvalue weighted by Crippen LogP contribution is 2.41. The molecular weight excluding hydrogens is 439 g/mol. The van der Waals surface area contributed by atoms with Crippen molar-refractivity contribution in [2.75, 3.05) is 11.9 Å². The van der Waals surface area contributed by atoms with Crippen molar-refractivity contribution in [3.8, 4) is 0 Å². The predicted octanol–water partition coefficient (Wildman–Crippen LogP) is 5.68. The van der Waals surface area contributed by atoms with E-state index in [1.165, 1.54) is 22.7 Å². The van der Waals surface area contributed by atoms with Crippen LogP contribution in [0.3, 0.4) is 0 Å². The number of rotatable bonds is 5. The van der Waals surface area contributed by atoms with Crippen LogP contribution in [0.1, 0.15) is 22.3 Å². The Morgan fingerprint density at radius 1 is 1.27 bits per heavy atom. The lowest BCUT2D eigenvalue weighted by Crippen LogP contribution is -2.11. The van der Waals surface area contributed by atoms with E-state index >= 15 is 0 Å². The summed E-state index contributed by atoms with van der Waals surface area (Å²) < 4.78 is 5.60. The number of fused-ring (bicyclic) bond motifs is 1. The highest BCUT2D eigenvalue weighted by atomic mass is 35.5. The first-order chi connectivity index (χ1) is 12.4. The lowest BCUT2D eigenvalue weighted by Gasteiger charge is -2.00. The Kier molecular flexibility index (Phi) is 6.04. The average Bonchev–Trinajstić information content (AvgIpc) is 3.11. The van der Waals surface area contributed by atoms with Gasteiger partial charge in [-0.3, -0.25) is 14.9 Å². The number of hydrogen-bond donors (Lipinski definition) is 1. The van der Waals surface area contributed by atoms with Crippen molar-refractivity contribution < 1.29 is 14.3 Å². The molecule has 1 aromatic carbocycles. The number of nitrogens with one attached hydrogen (secondary N) is 1. The molecule has 26 heavy (non-hydrogen) atoms. The fraction of sp³-hybridized carbons (Fsp3) is 0.188. The summed E-state index contributed by atoms with van der Waals surface area (Å²) in [5.74, 6) is -0.768. The lowest BCUT2D eigenvalue weighted by molar-refractivity contribution is -0.142. The number of nitrogens with zero attached hydrogens (tertiary/aromatic N) is 1. The van der Waals surface area contributed by atoms with Gasteiger partial charge in [0, 0.05) is 20.5 Å². The van der Waals surface area contributed by atoms with E-state index in [0.717, 1.165) is 4.70 Å². The van der Waals surface area contributed by atoms with Crippen LogP contribution < -0.4 is 5.32 Å². The smallest absolute Gasteiger partial charge is 0.311 e. The summed E-state index contributed by atoms with van der Waals surface area (Å²) in [6, 6.07) is 3.28. The monoisotopic (exact) mass is 448 g/mol. The van der Waals surface area contributed by atoms with Gasteiger partial charge >= 0.3 is 5.97 Å². The van der Waals surface area contributed by atoms with Gasteiger partial charge in [-0.2, -0.15) is 0 Å². The Morgan fingerprint density at radius 3 is 2.77 bits per heavy atom. The largest absolute Gasteiger partial charge is 0.466 e. The van der Waals surface area contributed by atoms with Gasteiger partial charge in [0.2, 0.25) is 0 Å². The van der Waals surface area contributed by atoms with Crippen LogP contribution in [0.4, 0.5) is 5.13 Å². The number of carbonyl (C=O) groups excluding carboxylic acids is 2. The summed E-state index contributed by atoms with van der Waals surface area (Å²) in [5, 5.41) is 6.46. The van der Waals surface area contributed by atoms with Crippen LogP contribution in [0.25, 0.3) is 10.1 Å². The normalized spacial score (nSPS) is 10.9. The number of anilines is 1. The van der Waals surface area contributed by atoms with Crippen LogP contribution in [0.2, 0.25) is 15.1 Å². The van der Waals surface area contributed by atoms with Crippen LogP contribution in [-0.4, -0.2) is 23.5 Å². The zero-order valence-corrected chi connectivity index (χ0v) is 17.2. The number of amides is 1. The molecule has 0 spiro atoms. The molecule has 5 nitrogen and oxygen atoms in total. The van der Waals surface area contributed by atoms with Crippen molar-refractivity contribution in [3.05, 3.63) is 43.2 Å². The molecule has 0 bridgehead atoms. The first kappa shape index (κ1) is 19.4. The fourth-order valence-corrected chi connectivity index (χ4v) is 5.20. The molecule has 10 heteroatoms. The Morgan fingerprint density at radius 2 is 2.04 bits per heavy atom. The summed E-state index contributed by atoms with van der Waals surface area (Å²) in [4.78, 5) is 28.6. The van der Waals surface area contributed by atoms with Gasteiger partial charge in [0.15, 0.2) is 5.13 Å². The van der Waals surface area contributed by atoms with Gasteiger partial charge in [-0.15, -0.1) is 22.7 Å². The Bertz CT molecular complexity index is 1000. The second-order valence-electron chi connectivity index (χ2n) is 5.09. The minimum absolute atomic E-state index is 0.0535. The fourth-order valence-electron chi connectivity index (χ4n) is 2.22. The summed E-state index contributed by atoms with van der Waals surface area (Å²) in [6.07, 6.45) is 0.0535. The van der Waals surface area contributed by atoms with Gasteiger partial charge < -0.3 is 4.74 Å². The number of benzene rings is 1. The van der Waals surface area contributed by atoms with Crippen molar-refractivity contribution >= 4 is 84.6 Å². The predicted molar refractivity (Wildman–Crippen MR) is 107 cm³/mol. The Labute approximate surface area is 171 Å². The van der Waals surface area contributed by atoms with Gasteiger partial charge in [0.1, 0.15) is 4.88 Å². The molecule has 0 unspecified atom stereocenters. The average molecular weight is 450 g/mol. The molecule has 3 aromatic rings. The van der Waals surface area contributed by atoms with Crippen molar-refractivity contribution in [3.63, 3.8) is 0 Å². The van der Waals surface area contributed by atoms with Crippen molar-refractivity contribution in [1.29, 1.82) is 0 Å². The molecule has 0 saturated carbocycles. The van der Waals surface area contributed by atoms with Crippen LogP contribution in [0.15, 0.2) is 17.5 Å². The minimum Gasteiger partial charge on any atom is -0.466 e. The Hall–Kier alpha value is -1.38. The quantitative estimate of drug-likeness (QED) is 0.509. The standard InChI is InChI=1S/C16H11Cl3N2O3S2/c1-2-24-11(22)5-8-6-25-16(20-8)21-15(23)14-13(19)12-9(18)3-7(17)4-10(12)26-14/h3-4,6H,2,5H2,1H3,(H,20,21,23). The minimum atomic E-state index is -0.402. The number of thiophene rings is 1. The molecule has 1 amide bonds. The zero-order valence-electron chi connectivity index (χ0n) is 13.3. The SMILES string of the molecule is CCOC(=O)Cc1csc(NC(=O)c2sc3cc(Cl)cc(Cl)c3c2Cl)n1. The van der Waals surface area contributed by atoms with E-state index in [4.69, 9.17) is 39.5 Å². The second-order valence-corrected chi connectivity index (χ2v) is 8.22. The molecule has 0 aliphatic heterocycles. The third-order valence-electron chi connectivity index (χ3n) is 3.26. The third-order valence-corrected chi connectivity index (χ3v) is 6.21. The van der Waals surface area contributed by atoms with Crippen LogP contribution in [0, 0.1) is 0 Å². The van der Waals surface area contributed by atoms with E-state index in [0.29, 0.717) is 37.7 Å². The molecule has 2 heterocycles. The van der Waals surface area contributed by atoms with E-state index in [1.54, 1.807) is 24.4 Å². The highest BCUT2D eigenvalue weighted by molar-refractivity contribution is 7.22. The van der Waals surface area contributed by atoms with Crippen molar-refractivity contribution in [1.82, 2.24) is 4.98 Å². The maximum absolute atomic E-state index is 12.5. The topological polar surface area (TPSA) is 68.3 Å². The maximum Gasteiger partial charge on any atom is 0.311 e. The number of aromatic nitrogens is 1. The molecule has 0 radical (unpaired) electrons. The second kappa shape index (κ2) is 8.10. The van der Waals surface area contributed by atoms with Crippen molar-refractivity contribution in [2.24, 2.45) is 0 Å². The molecule has 1 N–H and O–H groups in total. The first-order valence-corrected chi connectivity index (χ1v) is 10.2. The number of carbonyl (C=O) groups is 2. The molecule has 0 saturated heterocycles. The van der Waals surface area contributed by atoms with Gasteiger partial charge in [-0.1, -0.05) is 34.8 Å². The van der Waals surface area contributed by atoms with Crippen LogP contribution >= 0.6 is 57.5 Å². The van der Waals surface area contributed by atoms with Gasteiger partial charge in [-0.25, -0.2) is 4.98 Å². The van der Waals surface area contributed by atoms with Crippen molar-refractivity contribution in [2.45, 2.75) is 13.3 Å². The van der Waals surface area contributed by atoms with E-state index in [9.17, 15) is 9.59 Å². The third kappa shape index (κ3) is 4.13. The molecule has 0 atom stereocenters. The molecular formula is C16H11Cl3N2O3S2. The molecule has 3 rings (SSSR count). The van der Waals surface area contributed by atoms with E-state index in [-0.39, 0.29) is 17.4 Å². The summed E-state index contributed by atoms with van der Waals surface area (Å²) in [7, 11) is 0. The summed E-state index contributed by atoms with van der Waals surface area (Å²) in [5.41, 5.74) is 0.529. The zero-order chi connectivity index (χ0) is 18.8. The first-order valence-electron chi connectivity index (χ1n) is 7.37. The van der Waals surface area contributed by atoms with E-state index < -0.39 is 5.91 Å². The van der Waals surface area contributed by atoms with Crippen LogP contribution in [0.5, 0.6) is 0 Å². The van der Waals surface area contributed by atoms with Crippen LogP contribution in [-0.2, 0) is 16.0 Å². The number of ether oxygens (including phenoxy) is 1. The number of thiazole rings is 1. The van der Waals surface area contributed by atoms with Gasteiger partial charge in [0.05, 0.1) is 28.8 Å². The molecule has 136 valence electrons. The Balaban J connectivity index is 1.80. The molecule has 0 aliphatic rings. The summed E-state index contributed by atoms with van der Waals surface area (Å²) in [6.45, 7) is 2.04. The summed E-state index contributed by atoms with van der Waals surface area (Å²) >= 11 is 20.9. The molecule has 0 aliphatic carbocycles. The van der Waals surface area contributed by atoms with Gasteiger partial charge in [-0.05, 0) is 19.1 Å². The lowest BCUT2D eigenvalue weighted by atomic mass is 10.2. The number of hydrogen-bond acceptors (Lipinski definition) is 6. The maximum atomic E-state index is 12.5. The molecule has 2 aromatic heterocycles. The highest BCUT2D eigenvalue weighted by Gasteiger charge is 2.20. The molecule has 0 fully saturated rings. The van der Waals surface area contributed by atoms with Gasteiger partial charge in [0.25, 0.3) is 5.91 Å². The number of halogens is 3. The van der Waals surface area contributed by atoms with E-state index in [1.807, 2.05) is 0 Å². The number of esters is 1.